The Labute approximate surface area is 158 Å². The minimum Gasteiger partial charge on any atom is -0.382 e. The monoisotopic (exact) mass is 365 g/mol. The van der Waals surface area contributed by atoms with Crippen molar-refractivity contribution >= 4 is 22.4 Å². The molecule has 0 amide bonds. The molecule has 3 aromatic rings. The topological polar surface area (TPSA) is 53.9 Å². The average molecular weight is 365 g/mol. The van der Waals surface area contributed by atoms with E-state index in [1.54, 1.807) is 12.1 Å². The summed E-state index contributed by atoms with van der Waals surface area (Å²) in [6, 6.07) is 9.16. The number of hydrogen-bond donors (Lipinski definition) is 1. The van der Waals surface area contributed by atoms with E-state index >= 15 is 0 Å². The van der Waals surface area contributed by atoms with Crippen molar-refractivity contribution in [1.82, 2.24) is 15.0 Å². The summed E-state index contributed by atoms with van der Waals surface area (Å²) in [6.07, 6.45) is 2.00. The Morgan fingerprint density at radius 3 is 2.44 bits per heavy atom. The van der Waals surface area contributed by atoms with Crippen LogP contribution in [0.25, 0.3) is 10.9 Å². The van der Waals surface area contributed by atoms with E-state index in [1.807, 2.05) is 32.9 Å². The highest BCUT2D eigenvalue weighted by atomic mass is 19.1. The van der Waals surface area contributed by atoms with E-state index in [2.05, 4.69) is 25.2 Å². The molecule has 4 rings (SSSR count). The van der Waals surface area contributed by atoms with Gasteiger partial charge < -0.3 is 10.2 Å². The summed E-state index contributed by atoms with van der Waals surface area (Å²) in [4.78, 5) is 15.8. The van der Waals surface area contributed by atoms with Crippen molar-refractivity contribution in [1.29, 1.82) is 0 Å². The zero-order valence-corrected chi connectivity index (χ0v) is 16.0. The van der Waals surface area contributed by atoms with Gasteiger partial charge in [0.2, 0.25) is 0 Å². The van der Waals surface area contributed by atoms with Gasteiger partial charge in [0.25, 0.3) is 0 Å². The van der Waals surface area contributed by atoms with Gasteiger partial charge in [0.15, 0.2) is 0 Å². The van der Waals surface area contributed by atoms with Crippen molar-refractivity contribution in [2.45, 2.75) is 39.7 Å². The van der Waals surface area contributed by atoms with Crippen LogP contribution in [-0.4, -0.2) is 34.1 Å². The molecule has 140 valence electrons. The molecule has 0 unspecified atom stereocenters. The first-order valence-electron chi connectivity index (χ1n) is 9.38. The van der Waals surface area contributed by atoms with E-state index in [0.717, 1.165) is 65.6 Å². The van der Waals surface area contributed by atoms with Gasteiger partial charge in [0.1, 0.15) is 17.5 Å². The van der Waals surface area contributed by atoms with Gasteiger partial charge in [-0.1, -0.05) is 0 Å². The van der Waals surface area contributed by atoms with Crippen LogP contribution < -0.4 is 10.2 Å². The summed E-state index contributed by atoms with van der Waals surface area (Å²) in [5.41, 5.74) is 3.71. The van der Waals surface area contributed by atoms with Gasteiger partial charge >= 0.3 is 0 Å². The van der Waals surface area contributed by atoms with Crippen molar-refractivity contribution in [3.05, 3.63) is 53.4 Å². The second-order valence-electron chi connectivity index (χ2n) is 7.29. The number of aryl methyl sites for hydroxylation is 3. The molecule has 1 aliphatic rings. The predicted molar refractivity (Wildman–Crippen MR) is 107 cm³/mol. The lowest BCUT2D eigenvalue weighted by Crippen LogP contribution is -2.39. The molecule has 1 N–H and O–H groups in total. The van der Waals surface area contributed by atoms with E-state index in [1.165, 1.54) is 6.07 Å². The lowest BCUT2D eigenvalue weighted by Gasteiger charge is -2.34. The number of pyridine rings is 1. The summed E-state index contributed by atoms with van der Waals surface area (Å²) in [6.45, 7) is 7.77. The minimum atomic E-state index is -0.236. The van der Waals surface area contributed by atoms with Gasteiger partial charge in [-0.15, -0.1) is 0 Å². The molecule has 1 fully saturated rings. The Kier molecular flexibility index (Phi) is 4.64. The second kappa shape index (κ2) is 7.10. The van der Waals surface area contributed by atoms with Crippen molar-refractivity contribution < 1.29 is 4.39 Å². The largest absolute Gasteiger partial charge is 0.382 e. The van der Waals surface area contributed by atoms with Crippen LogP contribution in [0.4, 0.5) is 15.9 Å². The quantitative estimate of drug-likeness (QED) is 0.755. The zero-order valence-electron chi connectivity index (χ0n) is 16.0. The van der Waals surface area contributed by atoms with E-state index in [0.29, 0.717) is 6.04 Å². The van der Waals surface area contributed by atoms with E-state index in [9.17, 15) is 4.39 Å². The average Bonchev–Trinajstić information content (AvgIpc) is 2.62. The Morgan fingerprint density at radius 1 is 0.963 bits per heavy atom. The molecule has 6 heteroatoms. The molecule has 3 heterocycles. The van der Waals surface area contributed by atoms with Crippen molar-refractivity contribution in [3.8, 4) is 0 Å². The van der Waals surface area contributed by atoms with Gasteiger partial charge in [-0.05, 0) is 57.9 Å². The van der Waals surface area contributed by atoms with Crippen LogP contribution in [0, 0.1) is 26.6 Å². The smallest absolute Gasteiger partial charge is 0.132 e. The molecule has 0 aliphatic carbocycles. The molecule has 1 saturated heterocycles. The van der Waals surface area contributed by atoms with Crippen LogP contribution in [0.15, 0.2) is 30.3 Å². The summed E-state index contributed by atoms with van der Waals surface area (Å²) < 4.78 is 13.7. The van der Waals surface area contributed by atoms with Gasteiger partial charge in [-0.2, -0.15) is 0 Å². The number of nitrogens with one attached hydrogen (secondary N) is 1. The number of hydrogen-bond acceptors (Lipinski definition) is 5. The number of nitrogens with zero attached hydrogens (tertiary/aromatic N) is 4. The minimum absolute atomic E-state index is 0.236. The van der Waals surface area contributed by atoms with Crippen LogP contribution in [-0.2, 0) is 0 Å². The number of fused-ring (bicyclic) bond motifs is 1. The third-order valence-corrected chi connectivity index (χ3v) is 5.03. The molecular weight excluding hydrogens is 341 g/mol. The van der Waals surface area contributed by atoms with Crippen LogP contribution >= 0.6 is 0 Å². The summed E-state index contributed by atoms with van der Waals surface area (Å²) >= 11 is 0. The molecule has 0 bridgehead atoms. The predicted octanol–water partition coefficient (Wildman–Crippen LogP) is 4.17. The van der Waals surface area contributed by atoms with Crippen molar-refractivity contribution in [2.24, 2.45) is 0 Å². The number of piperidine rings is 1. The molecule has 1 aromatic carbocycles. The molecular formula is C21H24FN5. The summed E-state index contributed by atoms with van der Waals surface area (Å²) in [5, 5.41) is 4.46. The number of halogens is 1. The molecule has 5 nitrogen and oxygen atoms in total. The number of anilines is 2. The molecule has 1 aliphatic heterocycles. The second-order valence-corrected chi connectivity index (χ2v) is 7.29. The first-order chi connectivity index (χ1) is 13.0. The summed E-state index contributed by atoms with van der Waals surface area (Å²) in [7, 11) is 0. The van der Waals surface area contributed by atoms with Crippen LogP contribution in [0.3, 0.4) is 0 Å². The fourth-order valence-corrected chi connectivity index (χ4v) is 3.78. The van der Waals surface area contributed by atoms with Gasteiger partial charge in [0, 0.05) is 47.7 Å². The number of aromatic nitrogens is 3. The van der Waals surface area contributed by atoms with Gasteiger partial charge in [0.05, 0.1) is 5.52 Å². The van der Waals surface area contributed by atoms with Crippen molar-refractivity contribution in [2.75, 3.05) is 23.3 Å². The highest BCUT2D eigenvalue weighted by molar-refractivity contribution is 5.91. The van der Waals surface area contributed by atoms with Crippen molar-refractivity contribution in [3.63, 3.8) is 0 Å². The molecule has 27 heavy (non-hydrogen) atoms. The third-order valence-electron chi connectivity index (χ3n) is 5.03. The van der Waals surface area contributed by atoms with Crippen LogP contribution in [0.2, 0.25) is 0 Å². The highest BCUT2D eigenvalue weighted by Crippen LogP contribution is 2.27. The number of rotatable bonds is 3. The molecule has 0 saturated carbocycles. The standard InChI is InChI=1S/C21H24FN5/c1-13-10-20(18-12-16(22)4-5-19(18)24-13)26-17-6-8-27(9-7-17)21-11-14(2)23-15(3)25-21/h4-5,10-12,17H,6-9H2,1-3H3,(H,24,26). The van der Waals surface area contributed by atoms with E-state index in [-0.39, 0.29) is 5.82 Å². The Morgan fingerprint density at radius 2 is 1.70 bits per heavy atom. The molecule has 0 radical (unpaired) electrons. The van der Waals surface area contributed by atoms with Gasteiger partial charge in [-0.25, -0.2) is 14.4 Å². The molecule has 2 aromatic heterocycles. The SMILES string of the molecule is Cc1cc(N2CCC(Nc3cc(C)nc4ccc(F)cc34)CC2)nc(C)n1. The fourth-order valence-electron chi connectivity index (χ4n) is 3.78. The lowest BCUT2D eigenvalue weighted by atomic mass is 10.0. The first-order valence-corrected chi connectivity index (χ1v) is 9.38. The first kappa shape index (κ1) is 17.6. The normalized spacial score (nSPS) is 15.3. The van der Waals surface area contributed by atoms with E-state index < -0.39 is 0 Å². The maximum Gasteiger partial charge on any atom is 0.132 e. The van der Waals surface area contributed by atoms with Gasteiger partial charge in [-0.3, -0.25) is 4.98 Å². The molecule has 0 spiro atoms. The maximum absolute atomic E-state index is 13.7. The molecule has 0 atom stereocenters. The van der Waals surface area contributed by atoms with E-state index in [4.69, 9.17) is 0 Å². The summed E-state index contributed by atoms with van der Waals surface area (Å²) in [5.74, 6) is 1.58. The Balaban J connectivity index is 1.49. The van der Waals surface area contributed by atoms with Crippen LogP contribution in [0.5, 0.6) is 0 Å². The van der Waals surface area contributed by atoms with Crippen LogP contribution in [0.1, 0.15) is 30.1 Å². The maximum atomic E-state index is 13.7. The Hall–Kier alpha value is -2.76. The lowest BCUT2D eigenvalue weighted by molar-refractivity contribution is 0.523. The fraction of sp³-hybridized carbons (Fsp3) is 0.381. The third kappa shape index (κ3) is 3.84. The highest BCUT2D eigenvalue weighted by Gasteiger charge is 2.21. The Bertz CT molecular complexity index is 959. The number of benzene rings is 1. The zero-order chi connectivity index (χ0) is 19.0.